The van der Waals surface area contributed by atoms with Gasteiger partial charge in [-0.3, -0.25) is 9.59 Å². The lowest BCUT2D eigenvalue weighted by atomic mass is 10.1. The minimum atomic E-state index is -4.70. The van der Waals surface area contributed by atoms with Crippen LogP contribution in [0.4, 0.5) is 18.9 Å². The molecule has 0 radical (unpaired) electrons. The van der Waals surface area contributed by atoms with E-state index in [1.54, 1.807) is 0 Å². The first-order valence-corrected chi connectivity index (χ1v) is 6.14. The number of nitrogens with one attached hydrogen (secondary N) is 1. The summed E-state index contributed by atoms with van der Waals surface area (Å²) in [6.07, 6.45) is -5.24. The number of carboxylic acids is 1. The minimum Gasteiger partial charge on any atom is -0.481 e. The molecule has 0 aliphatic rings. The summed E-state index contributed by atoms with van der Waals surface area (Å²) < 4.78 is 38.4. The third-order valence-electron chi connectivity index (χ3n) is 2.55. The lowest BCUT2D eigenvalue weighted by Gasteiger charge is -2.16. The van der Waals surface area contributed by atoms with Gasteiger partial charge in [-0.25, -0.2) is 0 Å². The zero-order valence-corrected chi connectivity index (χ0v) is 11.3. The largest absolute Gasteiger partial charge is 0.481 e. The van der Waals surface area contributed by atoms with E-state index in [0.29, 0.717) is 6.07 Å². The summed E-state index contributed by atoms with van der Waals surface area (Å²) in [4.78, 5) is 22.0. The van der Waals surface area contributed by atoms with Crippen molar-refractivity contribution in [1.82, 2.24) is 0 Å². The molecule has 4 N–H and O–H groups in total. The topological polar surface area (TPSA) is 92.4 Å². The molecule has 116 valence electrons. The monoisotopic (exact) mass is 324 g/mol. The van der Waals surface area contributed by atoms with Crippen molar-refractivity contribution >= 4 is 29.2 Å². The first-order valence-electron chi connectivity index (χ1n) is 5.76. The van der Waals surface area contributed by atoms with E-state index in [9.17, 15) is 22.8 Å². The Morgan fingerprint density at radius 1 is 1.38 bits per heavy atom. The number of nitrogens with two attached hydrogens (primary N) is 1. The van der Waals surface area contributed by atoms with Crippen LogP contribution in [-0.2, 0) is 15.8 Å². The van der Waals surface area contributed by atoms with E-state index in [0.717, 1.165) is 6.07 Å². The predicted octanol–water partition coefficient (Wildman–Crippen LogP) is 2.49. The van der Waals surface area contributed by atoms with Crippen molar-refractivity contribution in [2.45, 2.75) is 25.1 Å². The summed E-state index contributed by atoms with van der Waals surface area (Å²) >= 11 is 5.50. The van der Waals surface area contributed by atoms with Crippen LogP contribution in [-0.4, -0.2) is 23.0 Å². The second kappa shape index (κ2) is 6.77. The number of carbonyl (C=O) groups is 2. The Morgan fingerprint density at radius 2 is 2.00 bits per heavy atom. The van der Waals surface area contributed by atoms with Gasteiger partial charge in [-0.15, -0.1) is 0 Å². The molecule has 1 aromatic rings. The standard InChI is InChI=1S/C12H12ClF3N2O3/c13-6-1-3-9(7(5-6)12(14,15)16)18-11(21)8(17)2-4-10(19)20/h1,3,5,8H,2,4,17H2,(H,18,21)(H,19,20). The highest BCUT2D eigenvalue weighted by atomic mass is 35.5. The van der Waals surface area contributed by atoms with E-state index >= 15 is 0 Å². The number of alkyl halides is 3. The van der Waals surface area contributed by atoms with E-state index in [1.807, 2.05) is 5.32 Å². The Kier molecular flexibility index (Phi) is 5.56. The highest BCUT2D eigenvalue weighted by Gasteiger charge is 2.34. The number of hydrogen-bond donors (Lipinski definition) is 3. The van der Waals surface area contributed by atoms with Gasteiger partial charge >= 0.3 is 12.1 Å². The van der Waals surface area contributed by atoms with Crippen molar-refractivity contribution in [3.63, 3.8) is 0 Å². The van der Waals surface area contributed by atoms with Crippen LogP contribution in [0.5, 0.6) is 0 Å². The van der Waals surface area contributed by atoms with Crippen LogP contribution in [0.25, 0.3) is 0 Å². The first-order chi connectivity index (χ1) is 9.61. The second-order valence-corrected chi connectivity index (χ2v) is 4.65. The van der Waals surface area contributed by atoms with Crippen molar-refractivity contribution in [1.29, 1.82) is 0 Å². The molecule has 5 nitrogen and oxygen atoms in total. The molecular formula is C12H12ClF3N2O3. The molecular weight excluding hydrogens is 313 g/mol. The Labute approximate surface area is 122 Å². The number of carbonyl (C=O) groups excluding carboxylic acids is 1. The van der Waals surface area contributed by atoms with Crippen molar-refractivity contribution in [2.75, 3.05) is 5.32 Å². The van der Waals surface area contributed by atoms with E-state index in [4.69, 9.17) is 22.4 Å². The molecule has 1 atom stereocenters. The summed E-state index contributed by atoms with van der Waals surface area (Å²) in [6.45, 7) is 0. The normalized spacial score (nSPS) is 12.8. The Balaban J connectivity index is 2.88. The Bertz CT molecular complexity index is 549. The first kappa shape index (κ1) is 17.3. The van der Waals surface area contributed by atoms with E-state index < -0.39 is 35.3 Å². The molecule has 0 heterocycles. The maximum Gasteiger partial charge on any atom is 0.418 e. The molecule has 1 unspecified atom stereocenters. The van der Waals surface area contributed by atoms with Crippen LogP contribution in [0.3, 0.4) is 0 Å². The number of carboxylic acid groups (broad SMARTS) is 1. The third kappa shape index (κ3) is 5.24. The quantitative estimate of drug-likeness (QED) is 0.776. The molecule has 21 heavy (non-hydrogen) atoms. The van der Waals surface area contributed by atoms with E-state index in [-0.39, 0.29) is 17.9 Å². The van der Waals surface area contributed by atoms with Gasteiger partial charge in [0.2, 0.25) is 5.91 Å². The molecule has 0 aromatic heterocycles. The molecule has 0 saturated heterocycles. The van der Waals surface area contributed by atoms with Crippen molar-refractivity contribution in [3.05, 3.63) is 28.8 Å². The summed E-state index contributed by atoms with van der Waals surface area (Å²) in [5, 5.41) is 10.4. The molecule has 1 aromatic carbocycles. The van der Waals surface area contributed by atoms with Gasteiger partial charge in [-0.2, -0.15) is 13.2 Å². The van der Waals surface area contributed by atoms with Crippen molar-refractivity contribution < 1.29 is 27.9 Å². The van der Waals surface area contributed by atoms with Crippen LogP contribution < -0.4 is 11.1 Å². The van der Waals surface area contributed by atoms with Gasteiger partial charge in [-0.05, 0) is 24.6 Å². The minimum absolute atomic E-state index is 0.129. The van der Waals surface area contributed by atoms with Gasteiger partial charge in [0.05, 0.1) is 17.3 Å². The SMILES string of the molecule is NC(CCC(=O)O)C(=O)Nc1ccc(Cl)cc1C(F)(F)F. The van der Waals surface area contributed by atoms with Crippen molar-refractivity contribution in [3.8, 4) is 0 Å². The average molecular weight is 325 g/mol. The number of rotatable bonds is 5. The van der Waals surface area contributed by atoms with Gasteiger partial charge < -0.3 is 16.2 Å². The van der Waals surface area contributed by atoms with Gasteiger partial charge in [0, 0.05) is 11.4 Å². The zero-order valence-electron chi connectivity index (χ0n) is 10.6. The Hall–Kier alpha value is -1.80. The lowest BCUT2D eigenvalue weighted by Crippen LogP contribution is -2.36. The van der Waals surface area contributed by atoms with Gasteiger partial charge in [0.1, 0.15) is 0 Å². The maximum atomic E-state index is 12.8. The predicted molar refractivity (Wildman–Crippen MR) is 69.9 cm³/mol. The molecule has 0 bridgehead atoms. The summed E-state index contributed by atoms with van der Waals surface area (Å²) in [7, 11) is 0. The number of anilines is 1. The smallest absolute Gasteiger partial charge is 0.418 e. The molecule has 1 amide bonds. The highest BCUT2D eigenvalue weighted by molar-refractivity contribution is 6.30. The lowest BCUT2D eigenvalue weighted by molar-refractivity contribution is -0.137. The van der Waals surface area contributed by atoms with Gasteiger partial charge in [0.15, 0.2) is 0 Å². The second-order valence-electron chi connectivity index (χ2n) is 4.22. The number of aliphatic carboxylic acids is 1. The molecule has 0 fully saturated rings. The van der Waals surface area contributed by atoms with Crippen LogP contribution >= 0.6 is 11.6 Å². The van der Waals surface area contributed by atoms with E-state index in [1.165, 1.54) is 6.07 Å². The summed E-state index contributed by atoms with van der Waals surface area (Å²) in [5.74, 6) is -2.05. The fourth-order valence-corrected chi connectivity index (χ4v) is 1.67. The number of amides is 1. The van der Waals surface area contributed by atoms with Crippen LogP contribution in [0.1, 0.15) is 18.4 Å². The van der Waals surface area contributed by atoms with Crippen molar-refractivity contribution in [2.24, 2.45) is 5.73 Å². The highest BCUT2D eigenvalue weighted by Crippen LogP contribution is 2.36. The van der Waals surface area contributed by atoms with Crippen LogP contribution in [0.15, 0.2) is 18.2 Å². The summed E-state index contributed by atoms with van der Waals surface area (Å²) in [5.41, 5.74) is 3.83. The number of hydrogen-bond acceptors (Lipinski definition) is 3. The average Bonchev–Trinajstić information content (AvgIpc) is 2.36. The number of halogens is 4. The van der Waals surface area contributed by atoms with E-state index in [2.05, 4.69) is 0 Å². The molecule has 1 rings (SSSR count). The van der Waals surface area contributed by atoms with Crippen LogP contribution in [0.2, 0.25) is 5.02 Å². The number of benzene rings is 1. The fraction of sp³-hybridized carbons (Fsp3) is 0.333. The molecule has 0 saturated carbocycles. The summed E-state index contributed by atoms with van der Waals surface area (Å²) in [6, 6.07) is 1.65. The Morgan fingerprint density at radius 3 is 2.52 bits per heavy atom. The molecule has 0 aliphatic heterocycles. The zero-order chi connectivity index (χ0) is 16.2. The molecule has 0 aliphatic carbocycles. The third-order valence-corrected chi connectivity index (χ3v) is 2.79. The molecule has 0 spiro atoms. The maximum absolute atomic E-state index is 12.8. The van der Waals surface area contributed by atoms with Gasteiger partial charge in [-0.1, -0.05) is 11.6 Å². The van der Waals surface area contributed by atoms with Crippen LogP contribution in [0, 0.1) is 0 Å². The molecule has 9 heteroatoms. The fourth-order valence-electron chi connectivity index (χ4n) is 1.50. The van der Waals surface area contributed by atoms with Gasteiger partial charge in [0.25, 0.3) is 0 Å².